The quantitative estimate of drug-likeness (QED) is 0.861. The number of para-hydroxylation sites is 2. The highest BCUT2D eigenvalue weighted by Gasteiger charge is 2.29. The Labute approximate surface area is 122 Å². The highest BCUT2D eigenvalue weighted by Crippen LogP contribution is 2.32. The standard InChI is InChI=1S/C17H27NO2/c1-4-11-19-15-7-5-6-8-16(15)20-17-12-13(2)9-10-14(17)18-3/h5-8,13-14,17-18H,4,9-12H2,1-3H3. The van der Waals surface area contributed by atoms with E-state index in [2.05, 4.69) is 19.2 Å². The molecule has 0 spiro atoms. The fourth-order valence-electron chi connectivity index (χ4n) is 2.83. The van der Waals surface area contributed by atoms with Gasteiger partial charge in [0.05, 0.1) is 6.61 Å². The Bertz CT molecular complexity index is 408. The SMILES string of the molecule is CCCOc1ccccc1OC1CC(C)CCC1NC. The Morgan fingerprint density at radius 1 is 1.20 bits per heavy atom. The molecule has 1 fully saturated rings. The summed E-state index contributed by atoms with van der Waals surface area (Å²) < 4.78 is 12.0. The molecule has 0 bridgehead atoms. The average molecular weight is 277 g/mol. The van der Waals surface area contributed by atoms with E-state index in [1.165, 1.54) is 12.8 Å². The first-order chi connectivity index (χ1) is 9.74. The normalized spacial score (nSPS) is 26.2. The second kappa shape index (κ2) is 7.53. The second-order valence-electron chi connectivity index (χ2n) is 5.76. The van der Waals surface area contributed by atoms with Crippen LogP contribution in [0.5, 0.6) is 11.5 Å². The maximum atomic E-state index is 6.27. The molecule has 0 aromatic heterocycles. The molecule has 0 aliphatic heterocycles. The Kier molecular flexibility index (Phi) is 5.72. The van der Waals surface area contributed by atoms with E-state index in [4.69, 9.17) is 9.47 Å². The van der Waals surface area contributed by atoms with Gasteiger partial charge < -0.3 is 14.8 Å². The number of likely N-dealkylation sites (N-methyl/N-ethyl adjacent to an activating group) is 1. The monoisotopic (exact) mass is 277 g/mol. The zero-order valence-corrected chi connectivity index (χ0v) is 12.9. The van der Waals surface area contributed by atoms with Gasteiger partial charge in [0.15, 0.2) is 11.5 Å². The maximum Gasteiger partial charge on any atom is 0.161 e. The van der Waals surface area contributed by atoms with Gasteiger partial charge in [-0.2, -0.15) is 0 Å². The van der Waals surface area contributed by atoms with E-state index in [1.54, 1.807) is 0 Å². The molecule has 0 saturated heterocycles. The number of hydrogen-bond donors (Lipinski definition) is 1. The molecule has 1 aliphatic carbocycles. The summed E-state index contributed by atoms with van der Waals surface area (Å²) in [5.74, 6) is 2.47. The van der Waals surface area contributed by atoms with Crippen molar-refractivity contribution in [1.29, 1.82) is 0 Å². The van der Waals surface area contributed by atoms with Crippen molar-refractivity contribution in [2.75, 3.05) is 13.7 Å². The van der Waals surface area contributed by atoms with E-state index in [1.807, 2.05) is 31.3 Å². The van der Waals surface area contributed by atoms with Gasteiger partial charge in [0.25, 0.3) is 0 Å². The third-order valence-corrected chi connectivity index (χ3v) is 4.01. The lowest BCUT2D eigenvalue weighted by Crippen LogP contribution is -2.45. The molecule has 3 heteroatoms. The van der Waals surface area contributed by atoms with Gasteiger partial charge in [-0.05, 0) is 50.8 Å². The lowest BCUT2D eigenvalue weighted by atomic mass is 9.85. The van der Waals surface area contributed by atoms with E-state index in [-0.39, 0.29) is 6.10 Å². The molecule has 1 aromatic rings. The molecular weight excluding hydrogens is 250 g/mol. The van der Waals surface area contributed by atoms with E-state index >= 15 is 0 Å². The summed E-state index contributed by atoms with van der Waals surface area (Å²) in [7, 11) is 2.02. The van der Waals surface area contributed by atoms with E-state index in [0.29, 0.717) is 6.04 Å². The van der Waals surface area contributed by atoms with Crippen LogP contribution >= 0.6 is 0 Å². The fraction of sp³-hybridized carbons (Fsp3) is 0.647. The summed E-state index contributed by atoms with van der Waals surface area (Å²) in [5.41, 5.74) is 0. The van der Waals surface area contributed by atoms with Crippen LogP contribution in [-0.2, 0) is 0 Å². The molecule has 1 aliphatic rings. The minimum atomic E-state index is 0.232. The average Bonchev–Trinajstić information content (AvgIpc) is 2.47. The highest BCUT2D eigenvalue weighted by molar-refractivity contribution is 5.39. The molecule has 0 heterocycles. The number of ether oxygens (including phenoxy) is 2. The third kappa shape index (κ3) is 3.89. The number of hydrogen-bond acceptors (Lipinski definition) is 3. The molecule has 3 atom stereocenters. The van der Waals surface area contributed by atoms with Gasteiger partial charge in [-0.3, -0.25) is 0 Å². The lowest BCUT2D eigenvalue weighted by Gasteiger charge is -2.35. The predicted octanol–water partition coefficient (Wildman–Crippen LogP) is 3.63. The summed E-state index contributed by atoms with van der Waals surface area (Å²) in [4.78, 5) is 0. The molecule has 20 heavy (non-hydrogen) atoms. The Balaban J connectivity index is 2.07. The van der Waals surface area contributed by atoms with Gasteiger partial charge in [-0.15, -0.1) is 0 Å². The van der Waals surface area contributed by atoms with Crippen molar-refractivity contribution in [2.45, 2.75) is 51.7 Å². The van der Waals surface area contributed by atoms with Crippen molar-refractivity contribution in [2.24, 2.45) is 5.92 Å². The second-order valence-corrected chi connectivity index (χ2v) is 5.76. The van der Waals surface area contributed by atoms with Crippen LogP contribution in [0.4, 0.5) is 0 Å². The lowest BCUT2D eigenvalue weighted by molar-refractivity contribution is 0.0904. The van der Waals surface area contributed by atoms with E-state index < -0.39 is 0 Å². The summed E-state index contributed by atoms with van der Waals surface area (Å²) in [6.07, 6.45) is 4.80. The van der Waals surface area contributed by atoms with Crippen LogP contribution in [0.15, 0.2) is 24.3 Å². The minimum Gasteiger partial charge on any atom is -0.490 e. The summed E-state index contributed by atoms with van der Waals surface area (Å²) in [6, 6.07) is 8.44. The van der Waals surface area contributed by atoms with Crippen molar-refractivity contribution in [3.63, 3.8) is 0 Å². The molecule has 0 radical (unpaired) electrons. The molecular formula is C17H27NO2. The smallest absolute Gasteiger partial charge is 0.161 e. The molecule has 3 unspecified atom stereocenters. The first kappa shape index (κ1) is 15.2. The fourth-order valence-corrected chi connectivity index (χ4v) is 2.83. The molecule has 1 N–H and O–H groups in total. The third-order valence-electron chi connectivity index (χ3n) is 4.01. The van der Waals surface area contributed by atoms with Gasteiger partial charge in [0.1, 0.15) is 6.10 Å². The van der Waals surface area contributed by atoms with Crippen LogP contribution in [0.2, 0.25) is 0 Å². The van der Waals surface area contributed by atoms with Crippen molar-refractivity contribution in [3.8, 4) is 11.5 Å². The van der Waals surface area contributed by atoms with Crippen LogP contribution < -0.4 is 14.8 Å². The summed E-state index contributed by atoms with van der Waals surface area (Å²) in [6.45, 7) is 5.15. The van der Waals surface area contributed by atoms with Crippen molar-refractivity contribution in [1.82, 2.24) is 5.32 Å². The van der Waals surface area contributed by atoms with Crippen molar-refractivity contribution >= 4 is 0 Å². The van der Waals surface area contributed by atoms with E-state index in [0.717, 1.165) is 36.9 Å². The van der Waals surface area contributed by atoms with Gasteiger partial charge in [-0.25, -0.2) is 0 Å². The number of benzene rings is 1. The van der Waals surface area contributed by atoms with Crippen molar-refractivity contribution in [3.05, 3.63) is 24.3 Å². The van der Waals surface area contributed by atoms with Crippen molar-refractivity contribution < 1.29 is 9.47 Å². The minimum absolute atomic E-state index is 0.232. The maximum absolute atomic E-state index is 6.27. The molecule has 3 nitrogen and oxygen atoms in total. The number of rotatable bonds is 6. The highest BCUT2D eigenvalue weighted by atomic mass is 16.5. The Morgan fingerprint density at radius 3 is 2.65 bits per heavy atom. The summed E-state index contributed by atoms with van der Waals surface area (Å²) >= 11 is 0. The van der Waals surface area contributed by atoms with E-state index in [9.17, 15) is 0 Å². The van der Waals surface area contributed by atoms with Crippen LogP contribution in [0.25, 0.3) is 0 Å². The largest absolute Gasteiger partial charge is 0.490 e. The van der Waals surface area contributed by atoms with Crippen LogP contribution in [0.3, 0.4) is 0 Å². The van der Waals surface area contributed by atoms with Crippen LogP contribution in [0.1, 0.15) is 39.5 Å². The molecule has 1 saturated carbocycles. The molecule has 0 amide bonds. The molecule has 1 aromatic carbocycles. The topological polar surface area (TPSA) is 30.5 Å². The zero-order valence-electron chi connectivity index (χ0n) is 12.9. The van der Waals surface area contributed by atoms with Gasteiger partial charge in [-0.1, -0.05) is 26.0 Å². The first-order valence-corrected chi connectivity index (χ1v) is 7.80. The first-order valence-electron chi connectivity index (χ1n) is 7.80. The zero-order chi connectivity index (χ0) is 14.4. The van der Waals surface area contributed by atoms with Gasteiger partial charge in [0, 0.05) is 6.04 Å². The summed E-state index contributed by atoms with van der Waals surface area (Å²) in [5, 5.41) is 3.39. The van der Waals surface area contributed by atoms with Crippen LogP contribution in [0, 0.1) is 5.92 Å². The molecule has 2 rings (SSSR count). The van der Waals surface area contributed by atoms with Gasteiger partial charge in [0.2, 0.25) is 0 Å². The Hall–Kier alpha value is -1.22. The Morgan fingerprint density at radius 2 is 1.95 bits per heavy atom. The predicted molar refractivity (Wildman–Crippen MR) is 82.5 cm³/mol. The van der Waals surface area contributed by atoms with Gasteiger partial charge >= 0.3 is 0 Å². The van der Waals surface area contributed by atoms with Crippen LogP contribution in [-0.4, -0.2) is 25.8 Å². The number of nitrogens with one attached hydrogen (secondary N) is 1. The molecule has 112 valence electrons.